The Morgan fingerprint density at radius 1 is 1.21 bits per heavy atom. The summed E-state index contributed by atoms with van der Waals surface area (Å²) < 4.78 is 5.48. The molecular weight excluding hydrogens is 352 g/mol. The lowest BCUT2D eigenvalue weighted by atomic mass is 10.0. The minimum Gasteiger partial charge on any atom is -0.496 e. The third kappa shape index (κ3) is 5.74. The van der Waals surface area contributed by atoms with Crippen LogP contribution in [0.4, 0.5) is 0 Å². The number of hydrogen-bond acceptors (Lipinski definition) is 3. The lowest BCUT2D eigenvalue weighted by Crippen LogP contribution is -2.39. The molecule has 6 heteroatoms. The van der Waals surface area contributed by atoms with Crippen molar-refractivity contribution in [3.8, 4) is 5.75 Å². The molecule has 0 aromatic heterocycles. The van der Waals surface area contributed by atoms with Crippen LogP contribution in [-0.4, -0.2) is 39.6 Å². The van der Waals surface area contributed by atoms with Gasteiger partial charge in [-0.25, -0.2) is 0 Å². The normalized spacial score (nSPS) is 12.2. The van der Waals surface area contributed by atoms with E-state index in [9.17, 15) is 4.79 Å². The van der Waals surface area contributed by atoms with Gasteiger partial charge >= 0.3 is 0 Å². The van der Waals surface area contributed by atoms with Gasteiger partial charge in [0.05, 0.1) is 13.2 Å². The minimum absolute atomic E-state index is 0.0395. The Labute approximate surface area is 167 Å². The minimum atomic E-state index is -0.0757. The van der Waals surface area contributed by atoms with E-state index in [0.29, 0.717) is 12.1 Å². The number of aliphatic imine (C=N–C) groups is 1. The van der Waals surface area contributed by atoms with Gasteiger partial charge in [-0.05, 0) is 44.0 Å². The van der Waals surface area contributed by atoms with Crippen molar-refractivity contribution in [1.29, 1.82) is 0 Å². The van der Waals surface area contributed by atoms with Gasteiger partial charge < -0.3 is 20.7 Å². The van der Waals surface area contributed by atoms with Crippen molar-refractivity contribution in [2.75, 3.05) is 27.7 Å². The largest absolute Gasteiger partial charge is 0.496 e. The first-order valence-electron chi connectivity index (χ1n) is 9.41. The van der Waals surface area contributed by atoms with Crippen LogP contribution in [-0.2, 0) is 6.42 Å². The van der Waals surface area contributed by atoms with Crippen LogP contribution in [0, 0.1) is 6.92 Å². The van der Waals surface area contributed by atoms with E-state index in [1.165, 1.54) is 5.56 Å². The zero-order valence-corrected chi connectivity index (χ0v) is 17.3. The van der Waals surface area contributed by atoms with Crippen LogP contribution in [0.25, 0.3) is 0 Å². The fourth-order valence-corrected chi connectivity index (χ4v) is 3.01. The maximum absolute atomic E-state index is 11.8. The summed E-state index contributed by atoms with van der Waals surface area (Å²) in [7, 11) is 5.07. The Balaban J connectivity index is 1.95. The van der Waals surface area contributed by atoms with E-state index in [1.54, 1.807) is 21.2 Å². The molecule has 0 saturated carbocycles. The number of aryl methyl sites for hydroxylation is 1. The zero-order chi connectivity index (χ0) is 20.5. The van der Waals surface area contributed by atoms with Gasteiger partial charge in [-0.15, -0.1) is 0 Å². The van der Waals surface area contributed by atoms with Crippen LogP contribution in [0.5, 0.6) is 5.75 Å². The zero-order valence-electron chi connectivity index (χ0n) is 17.3. The summed E-state index contributed by atoms with van der Waals surface area (Å²) in [6, 6.07) is 13.8. The molecule has 0 spiro atoms. The number of guanidine groups is 1. The number of nitrogens with one attached hydrogen (secondary N) is 3. The second-order valence-electron chi connectivity index (χ2n) is 6.64. The molecule has 0 fully saturated rings. The third-order valence-corrected chi connectivity index (χ3v) is 4.55. The third-order valence-electron chi connectivity index (χ3n) is 4.55. The van der Waals surface area contributed by atoms with Gasteiger partial charge in [-0.3, -0.25) is 9.79 Å². The maximum atomic E-state index is 11.8. The molecule has 2 rings (SSSR count). The molecule has 0 radical (unpaired) electrons. The van der Waals surface area contributed by atoms with E-state index in [-0.39, 0.29) is 11.9 Å². The molecule has 150 valence electrons. The van der Waals surface area contributed by atoms with E-state index >= 15 is 0 Å². The summed E-state index contributed by atoms with van der Waals surface area (Å²) in [4.78, 5) is 16.1. The molecule has 1 unspecified atom stereocenters. The number of carbonyl (C=O) groups is 1. The van der Waals surface area contributed by atoms with Gasteiger partial charge in [-0.1, -0.05) is 29.8 Å². The molecule has 0 aliphatic carbocycles. The Hall–Kier alpha value is -3.02. The molecule has 2 aromatic rings. The molecule has 0 aliphatic heterocycles. The summed E-state index contributed by atoms with van der Waals surface area (Å²) in [6.07, 6.45) is 0.785. The van der Waals surface area contributed by atoms with Crippen LogP contribution in [0.3, 0.4) is 0 Å². The SMILES string of the molecule is CN=C(NCCc1cccc(C(=O)NC)c1)NC(C)c1cc(C)ccc1OC. The number of rotatable bonds is 7. The van der Waals surface area contributed by atoms with Crippen molar-refractivity contribution in [2.24, 2.45) is 4.99 Å². The molecule has 1 amide bonds. The van der Waals surface area contributed by atoms with Gasteiger partial charge in [0, 0.05) is 31.8 Å². The van der Waals surface area contributed by atoms with Gasteiger partial charge in [0.1, 0.15) is 5.75 Å². The quantitative estimate of drug-likeness (QED) is 0.508. The lowest BCUT2D eigenvalue weighted by Gasteiger charge is -2.20. The van der Waals surface area contributed by atoms with Gasteiger partial charge in [-0.2, -0.15) is 0 Å². The van der Waals surface area contributed by atoms with Crippen molar-refractivity contribution < 1.29 is 9.53 Å². The second-order valence-corrected chi connectivity index (χ2v) is 6.64. The molecule has 0 heterocycles. The predicted molar refractivity (Wildman–Crippen MR) is 114 cm³/mol. The number of nitrogens with zero attached hydrogens (tertiary/aromatic N) is 1. The van der Waals surface area contributed by atoms with Crippen molar-refractivity contribution >= 4 is 11.9 Å². The highest BCUT2D eigenvalue weighted by Crippen LogP contribution is 2.25. The van der Waals surface area contributed by atoms with Crippen molar-refractivity contribution in [3.63, 3.8) is 0 Å². The maximum Gasteiger partial charge on any atom is 0.251 e. The Morgan fingerprint density at radius 3 is 2.68 bits per heavy atom. The monoisotopic (exact) mass is 382 g/mol. The number of hydrogen-bond donors (Lipinski definition) is 3. The highest BCUT2D eigenvalue weighted by atomic mass is 16.5. The highest BCUT2D eigenvalue weighted by Gasteiger charge is 2.13. The van der Waals surface area contributed by atoms with E-state index in [0.717, 1.165) is 29.3 Å². The van der Waals surface area contributed by atoms with Crippen LogP contribution in [0.15, 0.2) is 47.5 Å². The number of benzene rings is 2. The van der Waals surface area contributed by atoms with Gasteiger partial charge in [0.25, 0.3) is 5.91 Å². The summed E-state index contributed by atoms with van der Waals surface area (Å²) in [5.74, 6) is 1.50. The summed E-state index contributed by atoms with van der Waals surface area (Å²) in [5, 5.41) is 9.38. The van der Waals surface area contributed by atoms with E-state index < -0.39 is 0 Å². The molecule has 0 saturated heterocycles. The Kier molecular flexibility index (Phi) is 7.87. The first-order valence-corrected chi connectivity index (χ1v) is 9.41. The molecule has 6 nitrogen and oxygen atoms in total. The lowest BCUT2D eigenvalue weighted by molar-refractivity contribution is 0.0963. The van der Waals surface area contributed by atoms with Gasteiger partial charge in [0.15, 0.2) is 5.96 Å². The number of methoxy groups -OCH3 is 1. The van der Waals surface area contributed by atoms with Crippen LogP contribution < -0.4 is 20.7 Å². The molecule has 1 atom stereocenters. The Bertz CT molecular complexity index is 833. The topological polar surface area (TPSA) is 74.8 Å². The van der Waals surface area contributed by atoms with Crippen LogP contribution in [0.1, 0.15) is 40.0 Å². The fraction of sp³-hybridized carbons (Fsp3) is 0.364. The van der Waals surface area contributed by atoms with E-state index in [4.69, 9.17) is 4.74 Å². The standard InChI is InChI=1S/C22H30N4O2/c1-15-9-10-20(28-5)19(13-15)16(2)26-22(24-4)25-12-11-17-7-6-8-18(14-17)21(27)23-3/h6-10,13-14,16H,11-12H2,1-5H3,(H,23,27)(H2,24,25,26). The first kappa shape index (κ1) is 21.3. The summed E-state index contributed by atoms with van der Waals surface area (Å²) in [6.45, 7) is 4.85. The second kappa shape index (κ2) is 10.3. The number of carbonyl (C=O) groups excluding carboxylic acids is 1. The molecular formula is C22H30N4O2. The van der Waals surface area contributed by atoms with E-state index in [2.05, 4.69) is 40.9 Å². The molecule has 2 aromatic carbocycles. The van der Waals surface area contributed by atoms with Gasteiger partial charge in [0.2, 0.25) is 0 Å². The van der Waals surface area contributed by atoms with Crippen LogP contribution >= 0.6 is 0 Å². The average molecular weight is 383 g/mol. The van der Waals surface area contributed by atoms with Crippen molar-refractivity contribution in [2.45, 2.75) is 26.3 Å². The van der Waals surface area contributed by atoms with Crippen molar-refractivity contribution in [1.82, 2.24) is 16.0 Å². The van der Waals surface area contributed by atoms with Crippen LogP contribution in [0.2, 0.25) is 0 Å². The highest BCUT2D eigenvalue weighted by molar-refractivity contribution is 5.94. The summed E-state index contributed by atoms with van der Waals surface area (Å²) in [5.41, 5.74) is 4.03. The first-order chi connectivity index (χ1) is 13.5. The number of ether oxygens (including phenoxy) is 1. The predicted octanol–water partition coefficient (Wildman–Crippen LogP) is 2.83. The molecule has 0 bridgehead atoms. The van der Waals surface area contributed by atoms with Crippen molar-refractivity contribution in [3.05, 3.63) is 64.7 Å². The Morgan fingerprint density at radius 2 is 2.00 bits per heavy atom. The molecule has 28 heavy (non-hydrogen) atoms. The molecule has 0 aliphatic rings. The molecule has 3 N–H and O–H groups in total. The number of amides is 1. The summed E-state index contributed by atoms with van der Waals surface area (Å²) >= 11 is 0. The van der Waals surface area contributed by atoms with E-state index in [1.807, 2.05) is 36.4 Å². The smallest absolute Gasteiger partial charge is 0.251 e. The fourth-order valence-electron chi connectivity index (χ4n) is 3.01. The average Bonchev–Trinajstić information content (AvgIpc) is 2.72.